The summed E-state index contributed by atoms with van der Waals surface area (Å²) in [6, 6.07) is 26.9. The molecule has 4 aromatic rings. The van der Waals surface area contributed by atoms with E-state index in [-0.39, 0.29) is 12.1 Å². The number of aromatic nitrogens is 2. The second-order valence-corrected chi connectivity index (χ2v) is 9.13. The molecule has 0 saturated carbocycles. The van der Waals surface area contributed by atoms with Crippen LogP contribution in [-0.4, -0.2) is 21.8 Å². The minimum Gasteiger partial charge on any atom is -0.497 e. The van der Waals surface area contributed by atoms with Crippen LogP contribution in [-0.2, 0) is 0 Å². The summed E-state index contributed by atoms with van der Waals surface area (Å²) < 4.78 is 7.68. The van der Waals surface area contributed by atoms with Crippen molar-refractivity contribution in [2.24, 2.45) is 0 Å². The predicted molar refractivity (Wildman–Crippen MR) is 141 cm³/mol. The lowest BCUT2D eigenvalue weighted by molar-refractivity contribution is 0.414. The van der Waals surface area contributed by atoms with Gasteiger partial charge in [0.05, 0.1) is 18.8 Å². The van der Waals surface area contributed by atoms with Crippen LogP contribution in [0.3, 0.4) is 0 Å². The zero-order chi connectivity index (χ0) is 23.7. The van der Waals surface area contributed by atoms with Crippen LogP contribution in [0.5, 0.6) is 5.75 Å². The number of nitrogens with zero attached hydrogens (tertiary/aromatic N) is 3. The Bertz CT molecular complexity index is 1280. The Hall–Kier alpha value is -3.64. The molecule has 5 nitrogen and oxygen atoms in total. The van der Waals surface area contributed by atoms with Crippen LogP contribution in [0.4, 0.5) is 5.69 Å². The molecule has 0 aliphatic carbocycles. The molecule has 1 aliphatic heterocycles. The summed E-state index contributed by atoms with van der Waals surface area (Å²) >= 11 is 5.89. The lowest BCUT2D eigenvalue weighted by Crippen LogP contribution is -2.30. The van der Waals surface area contributed by atoms with Gasteiger partial charge >= 0.3 is 0 Å². The molecule has 2 atom stereocenters. The Morgan fingerprint density at radius 1 is 0.941 bits per heavy atom. The first-order valence-corrected chi connectivity index (χ1v) is 11.9. The molecule has 3 heterocycles. The van der Waals surface area contributed by atoms with Crippen LogP contribution in [0.2, 0.25) is 0 Å². The second kappa shape index (κ2) is 9.31. The van der Waals surface area contributed by atoms with E-state index < -0.39 is 0 Å². The lowest BCUT2D eigenvalue weighted by atomic mass is 9.99. The summed E-state index contributed by atoms with van der Waals surface area (Å²) in [5.74, 6) is 1.29. The third-order valence-electron chi connectivity index (χ3n) is 6.35. The van der Waals surface area contributed by atoms with E-state index in [1.807, 2.05) is 36.5 Å². The molecule has 0 bridgehead atoms. The van der Waals surface area contributed by atoms with Crippen molar-refractivity contribution in [1.82, 2.24) is 14.9 Å². The Morgan fingerprint density at radius 3 is 2.47 bits per heavy atom. The number of hydrogen-bond donors (Lipinski definition) is 1. The number of ether oxygens (including phenoxy) is 1. The minimum absolute atomic E-state index is 0.0894. The number of rotatable bonds is 6. The SMILES string of the molecule is COc1cccc(-n2cccc2[C@H]2[C@@H](c3ccccn3)NC(=S)N2c2ccc(C(C)C)cc2)c1. The highest BCUT2D eigenvalue weighted by molar-refractivity contribution is 7.80. The van der Waals surface area contributed by atoms with Crippen LogP contribution >= 0.6 is 12.2 Å². The molecule has 2 aromatic carbocycles. The second-order valence-electron chi connectivity index (χ2n) is 8.75. The maximum atomic E-state index is 5.89. The third kappa shape index (κ3) is 4.05. The van der Waals surface area contributed by atoms with Crippen molar-refractivity contribution in [2.45, 2.75) is 31.8 Å². The number of nitrogens with one attached hydrogen (secondary N) is 1. The van der Waals surface area contributed by atoms with Gasteiger partial charge in [0.2, 0.25) is 0 Å². The average molecular weight is 469 g/mol. The van der Waals surface area contributed by atoms with Gasteiger partial charge in [-0.05, 0) is 72.2 Å². The quantitative estimate of drug-likeness (QED) is 0.342. The summed E-state index contributed by atoms with van der Waals surface area (Å²) in [6.45, 7) is 4.41. The van der Waals surface area contributed by atoms with Gasteiger partial charge in [-0.1, -0.05) is 38.1 Å². The van der Waals surface area contributed by atoms with Crippen molar-refractivity contribution in [3.05, 3.63) is 108 Å². The van der Waals surface area contributed by atoms with Crippen LogP contribution < -0.4 is 15.0 Å². The summed E-state index contributed by atoms with van der Waals surface area (Å²) in [4.78, 5) is 6.89. The topological polar surface area (TPSA) is 42.3 Å². The highest BCUT2D eigenvalue weighted by Gasteiger charge is 2.42. The van der Waals surface area contributed by atoms with E-state index in [0.717, 1.165) is 28.5 Å². The summed E-state index contributed by atoms with van der Waals surface area (Å²) in [5, 5.41) is 4.24. The van der Waals surface area contributed by atoms with Gasteiger partial charge in [-0.25, -0.2) is 0 Å². The fourth-order valence-electron chi connectivity index (χ4n) is 4.58. The number of benzene rings is 2. The molecule has 0 radical (unpaired) electrons. The molecule has 5 rings (SSSR count). The Morgan fingerprint density at radius 2 is 1.76 bits per heavy atom. The normalized spacial score (nSPS) is 17.8. The summed E-state index contributed by atoms with van der Waals surface area (Å²) in [6.07, 6.45) is 3.92. The fourth-order valence-corrected chi connectivity index (χ4v) is 4.93. The standard InChI is InChI=1S/C28H28N4OS/c1-19(2)20-12-14-21(15-13-20)32-27(26(30-28(32)34)24-10-4-5-16-29-24)25-11-7-17-31(25)22-8-6-9-23(18-22)33-3/h4-19,26-27H,1-3H3,(H,30,34)/t26-,27+/m1/s1. The van der Waals surface area contributed by atoms with E-state index in [2.05, 4.69) is 88.3 Å². The van der Waals surface area contributed by atoms with Gasteiger partial charge in [-0.2, -0.15) is 0 Å². The zero-order valence-electron chi connectivity index (χ0n) is 19.6. The van der Waals surface area contributed by atoms with Crippen molar-refractivity contribution in [3.8, 4) is 11.4 Å². The van der Waals surface area contributed by atoms with Crippen LogP contribution in [0.25, 0.3) is 5.69 Å². The highest BCUT2D eigenvalue weighted by Crippen LogP contribution is 2.42. The number of anilines is 1. The molecule has 2 aromatic heterocycles. The highest BCUT2D eigenvalue weighted by atomic mass is 32.1. The van der Waals surface area contributed by atoms with Gasteiger partial charge in [-0.15, -0.1) is 0 Å². The van der Waals surface area contributed by atoms with Gasteiger partial charge in [0, 0.05) is 35.5 Å². The first-order valence-electron chi connectivity index (χ1n) is 11.5. The first-order chi connectivity index (χ1) is 16.6. The van der Waals surface area contributed by atoms with E-state index in [1.54, 1.807) is 7.11 Å². The molecule has 0 spiro atoms. The van der Waals surface area contributed by atoms with Crippen LogP contribution in [0, 0.1) is 0 Å². The number of methoxy groups -OCH3 is 1. The average Bonchev–Trinajstić information content (AvgIpc) is 3.49. The molecular weight excluding hydrogens is 440 g/mol. The van der Waals surface area contributed by atoms with Crippen molar-refractivity contribution in [2.75, 3.05) is 12.0 Å². The van der Waals surface area contributed by atoms with Gasteiger partial charge in [0.25, 0.3) is 0 Å². The largest absolute Gasteiger partial charge is 0.497 e. The Kier molecular flexibility index (Phi) is 6.07. The van der Waals surface area contributed by atoms with Gasteiger partial charge in [0.1, 0.15) is 11.8 Å². The summed E-state index contributed by atoms with van der Waals surface area (Å²) in [7, 11) is 1.69. The molecular formula is C28H28N4OS. The van der Waals surface area contributed by atoms with Crippen molar-refractivity contribution in [3.63, 3.8) is 0 Å². The predicted octanol–water partition coefficient (Wildman–Crippen LogP) is 6.18. The maximum absolute atomic E-state index is 5.89. The molecule has 1 saturated heterocycles. The Labute approximate surface area is 206 Å². The van der Waals surface area contributed by atoms with E-state index in [1.165, 1.54) is 5.56 Å². The summed E-state index contributed by atoms with van der Waals surface area (Å²) in [5.41, 5.74) is 5.47. The Balaban J connectivity index is 1.64. The molecule has 1 aliphatic rings. The van der Waals surface area contributed by atoms with Gasteiger partial charge < -0.3 is 19.5 Å². The minimum atomic E-state index is -0.0993. The number of pyridine rings is 1. The smallest absolute Gasteiger partial charge is 0.174 e. The molecule has 1 N–H and O–H groups in total. The first kappa shape index (κ1) is 22.2. The van der Waals surface area contributed by atoms with E-state index in [0.29, 0.717) is 11.0 Å². The maximum Gasteiger partial charge on any atom is 0.174 e. The molecule has 0 unspecified atom stereocenters. The van der Waals surface area contributed by atoms with Crippen LogP contribution in [0.15, 0.2) is 91.3 Å². The fraction of sp³-hybridized carbons (Fsp3) is 0.214. The molecule has 34 heavy (non-hydrogen) atoms. The van der Waals surface area contributed by atoms with Crippen molar-refractivity contribution in [1.29, 1.82) is 0 Å². The molecule has 172 valence electrons. The van der Waals surface area contributed by atoms with Gasteiger partial charge in [0.15, 0.2) is 5.11 Å². The van der Waals surface area contributed by atoms with Gasteiger partial charge in [-0.3, -0.25) is 4.98 Å². The molecule has 0 amide bonds. The molecule has 6 heteroatoms. The number of thiocarbonyl (C=S) groups is 1. The van der Waals surface area contributed by atoms with Crippen molar-refractivity contribution < 1.29 is 4.74 Å². The molecule has 1 fully saturated rings. The van der Waals surface area contributed by atoms with E-state index in [9.17, 15) is 0 Å². The number of hydrogen-bond acceptors (Lipinski definition) is 3. The van der Waals surface area contributed by atoms with E-state index >= 15 is 0 Å². The van der Waals surface area contributed by atoms with Crippen LogP contribution in [0.1, 0.15) is 48.8 Å². The third-order valence-corrected chi connectivity index (χ3v) is 6.67. The zero-order valence-corrected chi connectivity index (χ0v) is 20.4. The van der Waals surface area contributed by atoms with E-state index in [4.69, 9.17) is 17.0 Å². The van der Waals surface area contributed by atoms with Crippen molar-refractivity contribution >= 4 is 23.0 Å². The lowest BCUT2D eigenvalue weighted by Gasteiger charge is -2.29. The monoisotopic (exact) mass is 468 g/mol.